The van der Waals surface area contributed by atoms with Crippen LogP contribution in [0.25, 0.3) is 0 Å². The fraction of sp³-hybridized carbons (Fsp3) is 0.600. The molecular formula is C10H16O. The van der Waals surface area contributed by atoms with Crippen molar-refractivity contribution in [3.63, 3.8) is 0 Å². The summed E-state index contributed by atoms with van der Waals surface area (Å²) in [5, 5.41) is 0. The smallest absolute Gasteiger partial charge is 0.0462 e. The van der Waals surface area contributed by atoms with Crippen LogP contribution in [0.3, 0.4) is 0 Å². The van der Waals surface area contributed by atoms with Gasteiger partial charge in [0.05, 0.1) is 0 Å². The minimum atomic E-state index is 0.701. The van der Waals surface area contributed by atoms with Gasteiger partial charge in [-0.05, 0) is 18.8 Å². The van der Waals surface area contributed by atoms with E-state index in [2.05, 4.69) is 24.3 Å². The monoisotopic (exact) mass is 152 g/mol. The predicted molar refractivity (Wildman–Crippen MR) is 47.5 cm³/mol. The molecule has 0 N–H and O–H groups in total. The summed E-state index contributed by atoms with van der Waals surface area (Å²) in [5.74, 6) is 0.701. The quantitative estimate of drug-likeness (QED) is 0.550. The lowest BCUT2D eigenvalue weighted by Crippen LogP contribution is -1.92. The lowest BCUT2D eigenvalue weighted by Gasteiger charge is -2.03. The number of allylic oxidation sites excluding steroid dienone is 4. The second-order valence-corrected chi connectivity index (χ2v) is 2.92. The van der Waals surface area contributed by atoms with Crippen molar-refractivity contribution in [2.45, 2.75) is 19.3 Å². The fourth-order valence-corrected chi connectivity index (χ4v) is 1.30. The number of hydrogen-bond donors (Lipinski definition) is 0. The van der Waals surface area contributed by atoms with Crippen molar-refractivity contribution in [3.05, 3.63) is 24.3 Å². The maximum absolute atomic E-state index is 4.97. The largest absolute Gasteiger partial charge is 0.385 e. The Kier molecular flexibility index (Phi) is 3.99. The van der Waals surface area contributed by atoms with E-state index >= 15 is 0 Å². The number of unbranched alkanes of at least 4 members (excludes halogenated alkanes) is 1. The molecule has 1 aliphatic rings. The molecule has 0 fully saturated rings. The van der Waals surface area contributed by atoms with Crippen LogP contribution in [-0.2, 0) is 4.74 Å². The molecule has 0 aliphatic heterocycles. The number of methoxy groups -OCH3 is 1. The summed E-state index contributed by atoms with van der Waals surface area (Å²) >= 11 is 0. The molecule has 0 aromatic rings. The average molecular weight is 152 g/mol. The van der Waals surface area contributed by atoms with E-state index in [1.54, 1.807) is 7.11 Å². The molecule has 1 aliphatic carbocycles. The van der Waals surface area contributed by atoms with Crippen LogP contribution in [0.4, 0.5) is 0 Å². The third-order valence-electron chi connectivity index (χ3n) is 1.96. The van der Waals surface area contributed by atoms with Gasteiger partial charge in [-0.25, -0.2) is 0 Å². The van der Waals surface area contributed by atoms with Gasteiger partial charge in [-0.3, -0.25) is 0 Å². The summed E-state index contributed by atoms with van der Waals surface area (Å²) in [5.41, 5.74) is 0. The first-order valence-corrected chi connectivity index (χ1v) is 4.27. The Morgan fingerprint density at radius 3 is 2.55 bits per heavy atom. The maximum Gasteiger partial charge on any atom is 0.0462 e. The topological polar surface area (TPSA) is 9.23 Å². The van der Waals surface area contributed by atoms with Crippen molar-refractivity contribution in [2.24, 2.45) is 5.92 Å². The molecule has 11 heavy (non-hydrogen) atoms. The Labute approximate surface area is 68.8 Å². The highest BCUT2D eigenvalue weighted by Gasteiger charge is 2.01. The normalized spacial score (nSPS) is 16.5. The van der Waals surface area contributed by atoms with E-state index in [1.807, 2.05) is 0 Å². The molecule has 1 nitrogen and oxygen atoms in total. The SMILES string of the molecule is COCCCCC1C=CC=C1. The summed E-state index contributed by atoms with van der Waals surface area (Å²) in [7, 11) is 1.76. The summed E-state index contributed by atoms with van der Waals surface area (Å²) in [6.07, 6.45) is 12.5. The number of hydrogen-bond acceptors (Lipinski definition) is 1. The molecule has 1 rings (SSSR count). The molecule has 0 amide bonds. The van der Waals surface area contributed by atoms with E-state index < -0.39 is 0 Å². The van der Waals surface area contributed by atoms with Gasteiger partial charge in [-0.15, -0.1) is 0 Å². The van der Waals surface area contributed by atoms with Gasteiger partial charge in [0, 0.05) is 13.7 Å². The van der Waals surface area contributed by atoms with Gasteiger partial charge in [0.1, 0.15) is 0 Å². The zero-order valence-corrected chi connectivity index (χ0v) is 7.12. The Bertz CT molecular complexity index is 135. The van der Waals surface area contributed by atoms with Gasteiger partial charge in [0.15, 0.2) is 0 Å². The highest BCUT2D eigenvalue weighted by atomic mass is 16.5. The Morgan fingerprint density at radius 2 is 1.91 bits per heavy atom. The van der Waals surface area contributed by atoms with E-state index in [0.717, 1.165) is 6.61 Å². The number of rotatable bonds is 5. The second kappa shape index (κ2) is 5.14. The first-order chi connectivity index (χ1) is 5.43. The van der Waals surface area contributed by atoms with E-state index in [9.17, 15) is 0 Å². The van der Waals surface area contributed by atoms with Crippen molar-refractivity contribution in [1.29, 1.82) is 0 Å². The lowest BCUT2D eigenvalue weighted by atomic mass is 10.0. The van der Waals surface area contributed by atoms with Crippen LogP contribution in [-0.4, -0.2) is 13.7 Å². The molecule has 0 radical (unpaired) electrons. The van der Waals surface area contributed by atoms with E-state index in [0.29, 0.717) is 5.92 Å². The summed E-state index contributed by atoms with van der Waals surface area (Å²) in [4.78, 5) is 0. The lowest BCUT2D eigenvalue weighted by molar-refractivity contribution is 0.191. The molecule has 0 saturated carbocycles. The van der Waals surface area contributed by atoms with Crippen LogP contribution in [0.15, 0.2) is 24.3 Å². The zero-order valence-electron chi connectivity index (χ0n) is 7.12. The van der Waals surface area contributed by atoms with Crippen molar-refractivity contribution in [3.8, 4) is 0 Å². The molecule has 0 saturated heterocycles. The standard InChI is InChI=1S/C10H16O/c1-11-9-5-4-8-10-6-2-3-7-10/h2-3,6-7,10H,4-5,8-9H2,1H3. The predicted octanol–water partition coefficient (Wildman–Crippen LogP) is 2.55. The third kappa shape index (κ3) is 3.38. The van der Waals surface area contributed by atoms with E-state index in [4.69, 9.17) is 4.74 Å². The van der Waals surface area contributed by atoms with Crippen LogP contribution < -0.4 is 0 Å². The van der Waals surface area contributed by atoms with Gasteiger partial charge < -0.3 is 4.74 Å². The van der Waals surface area contributed by atoms with Crippen molar-refractivity contribution in [2.75, 3.05) is 13.7 Å². The summed E-state index contributed by atoms with van der Waals surface area (Å²) in [6.45, 7) is 0.903. The number of ether oxygens (including phenoxy) is 1. The molecule has 0 bridgehead atoms. The first kappa shape index (κ1) is 8.54. The molecule has 0 spiro atoms. The summed E-state index contributed by atoms with van der Waals surface area (Å²) < 4.78 is 4.97. The molecule has 0 aromatic carbocycles. The van der Waals surface area contributed by atoms with Crippen LogP contribution in [0.2, 0.25) is 0 Å². The third-order valence-corrected chi connectivity index (χ3v) is 1.96. The van der Waals surface area contributed by atoms with Gasteiger partial charge in [-0.2, -0.15) is 0 Å². The molecule has 0 unspecified atom stereocenters. The average Bonchev–Trinajstić information content (AvgIpc) is 2.50. The minimum absolute atomic E-state index is 0.701. The molecular weight excluding hydrogens is 136 g/mol. The molecule has 0 atom stereocenters. The Hall–Kier alpha value is -0.560. The first-order valence-electron chi connectivity index (χ1n) is 4.27. The Balaban J connectivity index is 1.95. The molecule has 0 heterocycles. The van der Waals surface area contributed by atoms with E-state index in [1.165, 1.54) is 19.3 Å². The molecule has 0 aromatic heterocycles. The second-order valence-electron chi connectivity index (χ2n) is 2.92. The van der Waals surface area contributed by atoms with Gasteiger partial charge >= 0.3 is 0 Å². The summed E-state index contributed by atoms with van der Waals surface area (Å²) in [6, 6.07) is 0. The molecule has 1 heteroatoms. The van der Waals surface area contributed by atoms with Crippen LogP contribution >= 0.6 is 0 Å². The fourth-order valence-electron chi connectivity index (χ4n) is 1.30. The van der Waals surface area contributed by atoms with Crippen LogP contribution in [0.1, 0.15) is 19.3 Å². The van der Waals surface area contributed by atoms with Crippen molar-refractivity contribution >= 4 is 0 Å². The van der Waals surface area contributed by atoms with Crippen LogP contribution in [0.5, 0.6) is 0 Å². The highest BCUT2D eigenvalue weighted by Crippen LogP contribution is 2.15. The van der Waals surface area contributed by atoms with Crippen molar-refractivity contribution < 1.29 is 4.74 Å². The van der Waals surface area contributed by atoms with Crippen LogP contribution in [0, 0.1) is 5.92 Å². The maximum atomic E-state index is 4.97. The molecule has 62 valence electrons. The van der Waals surface area contributed by atoms with Crippen molar-refractivity contribution in [1.82, 2.24) is 0 Å². The van der Waals surface area contributed by atoms with E-state index in [-0.39, 0.29) is 0 Å². The Morgan fingerprint density at radius 1 is 1.18 bits per heavy atom. The van der Waals surface area contributed by atoms with Gasteiger partial charge in [0.2, 0.25) is 0 Å². The highest BCUT2D eigenvalue weighted by molar-refractivity contribution is 5.17. The minimum Gasteiger partial charge on any atom is -0.385 e. The van der Waals surface area contributed by atoms with Gasteiger partial charge in [0.25, 0.3) is 0 Å². The zero-order chi connectivity index (χ0) is 7.94. The van der Waals surface area contributed by atoms with Gasteiger partial charge in [-0.1, -0.05) is 30.7 Å².